The molecule has 2 unspecified atom stereocenters. The van der Waals surface area contributed by atoms with Crippen LogP contribution in [0.2, 0.25) is 0 Å². The van der Waals surface area contributed by atoms with Crippen LogP contribution in [-0.4, -0.2) is 116 Å². The number of fused-ring (bicyclic) bond motifs is 6. The third-order valence-electron chi connectivity index (χ3n) is 14.9. The molecule has 1 spiro atoms. The summed E-state index contributed by atoms with van der Waals surface area (Å²) >= 11 is 0. The summed E-state index contributed by atoms with van der Waals surface area (Å²) in [7, 11) is 4.76. The highest BCUT2D eigenvalue weighted by Gasteiger charge is 2.80. The molecule has 2 bridgehead atoms. The molecule has 1 saturated heterocycles. The number of likely N-dealkylation sites (N-methyl/N-ethyl adjacent to an activating group) is 1. The number of aromatic nitrogens is 1. The van der Waals surface area contributed by atoms with Crippen LogP contribution in [0.1, 0.15) is 68.8 Å². The van der Waals surface area contributed by atoms with Gasteiger partial charge in [0, 0.05) is 90.9 Å². The molecule has 1 aliphatic carbocycles. The van der Waals surface area contributed by atoms with Gasteiger partial charge in [0.15, 0.2) is 6.10 Å². The molecule has 9 atom stereocenters. The Kier molecular flexibility index (Phi) is 9.45. The van der Waals surface area contributed by atoms with E-state index in [1.54, 1.807) is 13.2 Å². The third-order valence-corrected chi connectivity index (χ3v) is 14.9. The number of anilines is 1. The van der Waals surface area contributed by atoms with E-state index in [0.29, 0.717) is 50.2 Å². The maximum absolute atomic E-state index is 15.5. The first-order valence-corrected chi connectivity index (χ1v) is 21.0. The highest BCUT2D eigenvalue weighted by molar-refractivity contribution is 5.95. The van der Waals surface area contributed by atoms with Crippen LogP contribution >= 0.6 is 0 Å². The topological polar surface area (TPSA) is 134 Å². The summed E-state index contributed by atoms with van der Waals surface area (Å²) in [6, 6.07) is 11.1. The average molecular weight is 805 g/mol. The van der Waals surface area contributed by atoms with E-state index in [-0.39, 0.29) is 18.6 Å². The number of H-pyrrole nitrogens is 1. The van der Waals surface area contributed by atoms with Crippen LogP contribution in [0.4, 0.5) is 5.69 Å². The monoisotopic (exact) mass is 804 g/mol. The van der Waals surface area contributed by atoms with Crippen molar-refractivity contribution in [2.24, 2.45) is 11.3 Å². The van der Waals surface area contributed by atoms with Gasteiger partial charge in [0.05, 0.1) is 20.3 Å². The highest BCUT2D eigenvalue weighted by atomic mass is 16.6. The molecule has 2 aromatic carbocycles. The molecule has 12 heteroatoms. The van der Waals surface area contributed by atoms with Gasteiger partial charge in [0.1, 0.15) is 17.8 Å². The van der Waals surface area contributed by atoms with Crippen LogP contribution in [0, 0.1) is 11.3 Å². The number of ether oxygens (including phenoxy) is 4. The smallest absolute Gasteiger partial charge is 0.344 e. The number of rotatable bonds is 9. The molecule has 3 aromatic rings. The fourth-order valence-corrected chi connectivity index (χ4v) is 12.9. The van der Waals surface area contributed by atoms with E-state index >= 15 is 4.79 Å². The molecular weight excluding hydrogens is 749 g/mol. The predicted molar refractivity (Wildman–Crippen MR) is 223 cm³/mol. The van der Waals surface area contributed by atoms with Gasteiger partial charge < -0.3 is 33.9 Å². The Balaban J connectivity index is 1.37. The number of aliphatic hydroxyl groups is 1. The van der Waals surface area contributed by atoms with Crippen LogP contribution in [0.3, 0.4) is 0 Å². The van der Waals surface area contributed by atoms with Gasteiger partial charge in [-0.3, -0.25) is 19.4 Å². The van der Waals surface area contributed by atoms with Crippen molar-refractivity contribution in [1.82, 2.24) is 14.8 Å². The van der Waals surface area contributed by atoms with Crippen molar-refractivity contribution < 1.29 is 38.4 Å². The molecule has 9 rings (SSSR count). The summed E-state index contributed by atoms with van der Waals surface area (Å²) in [5.41, 5.74) is 0.866. The van der Waals surface area contributed by atoms with Crippen LogP contribution in [-0.2, 0) is 46.0 Å². The van der Waals surface area contributed by atoms with Crippen molar-refractivity contribution in [3.8, 4) is 5.75 Å². The number of aromatic amines is 1. The molecule has 5 aliphatic heterocycles. The zero-order valence-corrected chi connectivity index (χ0v) is 35.0. The van der Waals surface area contributed by atoms with Crippen molar-refractivity contribution >= 4 is 34.5 Å². The maximum Gasteiger partial charge on any atom is 0.344 e. The minimum atomic E-state index is -2.29. The van der Waals surface area contributed by atoms with E-state index < -0.39 is 51.9 Å². The molecule has 59 heavy (non-hydrogen) atoms. The van der Waals surface area contributed by atoms with Gasteiger partial charge in [0.25, 0.3) is 0 Å². The number of carbonyl (C=O) groups is 3. The van der Waals surface area contributed by atoms with Gasteiger partial charge in [-0.2, -0.15) is 0 Å². The molecular formula is C47H56N4O8. The summed E-state index contributed by atoms with van der Waals surface area (Å²) in [6.45, 7) is 13.0. The first kappa shape index (κ1) is 39.5. The molecule has 1 aromatic heterocycles. The molecule has 2 N–H and O–H groups in total. The first-order valence-electron chi connectivity index (χ1n) is 21.0. The summed E-state index contributed by atoms with van der Waals surface area (Å²) in [5.74, 6) is -1.38. The quantitative estimate of drug-likeness (QED) is 0.166. The van der Waals surface area contributed by atoms with Gasteiger partial charge in [-0.15, -0.1) is 0 Å². The van der Waals surface area contributed by atoms with Gasteiger partial charge in [-0.1, -0.05) is 68.5 Å². The largest absolute Gasteiger partial charge is 0.496 e. The zero-order chi connectivity index (χ0) is 41.6. The second-order valence-electron chi connectivity index (χ2n) is 17.6. The van der Waals surface area contributed by atoms with Gasteiger partial charge in [-0.25, -0.2) is 4.79 Å². The second-order valence-corrected chi connectivity index (χ2v) is 17.6. The number of benzene rings is 2. The highest BCUT2D eigenvalue weighted by Crippen LogP contribution is 2.68. The third kappa shape index (κ3) is 5.21. The average Bonchev–Trinajstić information content (AvgIpc) is 3.89. The normalized spacial score (nSPS) is 34.1. The molecule has 6 heterocycles. The van der Waals surface area contributed by atoms with Crippen molar-refractivity contribution in [2.75, 3.05) is 59.0 Å². The van der Waals surface area contributed by atoms with Crippen molar-refractivity contribution in [2.45, 2.75) is 87.6 Å². The van der Waals surface area contributed by atoms with E-state index in [4.69, 9.17) is 18.9 Å². The number of nitrogens with zero attached hydrogens (tertiary/aromatic N) is 3. The van der Waals surface area contributed by atoms with Crippen molar-refractivity contribution in [3.63, 3.8) is 0 Å². The molecule has 312 valence electrons. The number of carbonyl (C=O) groups excluding carboxylic acids is 3. The Labute approximate surface area is 345 Å². The maximum atomic E-state index is 15.5. The standard InChI is InChI=1S/C47H56N4O8/c1-8-20-58-42(53)46(24-30-21-29(9-2)25-50(26-30)27-32-31-14-11-12-15-35(31)48-38(32)46)34-22-33-36(23-37(34)56-6)49(5)40-45(33)17-19-51-18-13-16-44(10-3,39(45)51)41(59-28(4)52)47(40,55)43(54)57-7/h8,11-16,21-23,30,39-41,48,55H,1,9-10,17-20,24-27H2,2-7H3/t30-,39-,40?,41+,44+,45+,46-,47-/m0/s1. The van der Waals surface area contributed by atoms with Crippen molar-refractivity contribution in [1.29, 1.82) is 0 Å². The van der Waals surface area contributed by atoms with E-state index in [2.05, 4.69) is 64.7 Å². The Morgan fingerprint density at radius 3 is 2.58 bits per heavy atom. The van der Waals surface area contributed by atoms with Crippen LogP contribution in [0.5, 0.6) is 5.75 Å². The number of para-hydroxylation sites is 1. The van der Waals surface area contributed by atoms with Gasteiger partial charge in [-0.05, 0) is 61.4 Å². The Morgan fingerprint density at radius 1 is 1.07 bits per heavy atom. The fraction of sp³-hybridized carbons (Fsp3) is 0.511. The van der Waals surface area contributed by atoms with E-state index in [1.807, 2.05) is 37.1 Å². The number of nitrogens with one attached hydrogen (secondary N) is 1. The summed E-state index contributed by atoms with van der Waals surface area (Å²) in [4.78, 5) is 53.6. The Morgan fingerprint density at radius 2 is 1.86 bits per heavy atom. The molecule has 2 fully saturated rings. The number of esters is 3. The van der Waals surface area contributed by atoms with Crippen molar-refractivity contribution in [3.05, 3.63) is 95.2 Å². The lowest BCUT2D eigenvalue weighted by molar-refractivity contribution is -0.228. The number of methoxy groups -OCH3 is 2. The van der Waals surface area contributed by atoms with Crippen LogP contribution in [0.15, 0.2) is 72.9 Å². The van der Waals surface area contributed by atoms with Gasteiger partial charge >= 0.3 is 17.9 Å². The molecule has 0 amide bonds. The zero-order valence-electron chi connectivity index (χ0n) is 35.0. The van der Waals surface area contributed by atoms with Crippen LogP contribution in [0.25, 0.3) is 10.9 Å². The Hall–Kier alpha value is -4.91. The molecule has 6 aliphatic rings. The predicted octanol–water partition coefficient (Wildman–Crippen LogP) is 5.31. The van der Waals surface area contributed by atoms with Gasteiger partial charge in [0.2, 0.25) is 5.60 Å². The first-order chi connectivity index (χ1) is 28.4. The number of hydrogen-bond acceptors (Lipinski definition) is 11. The van der Waals surface area contributed by atoms with E-state index in [0.717, 1.165) is 52.9 Å². The second kappa shape index (κ2) is 14.1. The minimum Gasteiger partial charge on any atom is -0.496 e. The summed E-state index contributed by atoms with van der Waals surface area (Å²) < 4.78 is 24.3. The number of hydrogen-bond donors (Lipinski definition) is 2. The molecule has 0 radical (unpaired) electrons. The molecule has 1 saturated carbocycles. The SMILES string of the molecule is C=CCOC(=O)[C@]1(c2cc3c(cc2OC)N(C)C2[C@]34CCN3CC=C[C@@](CC)([C@@H](OC(C)=O)[C@]2(O)C(=O)OC)[C@H]34)C[C@@H]2C=C(CC)CN(Cc3c1[nH]c1ccccc31)C2. The molecule has 12 nitrogen and oxygen atoms in total. The summed E-state index contributed by atoms with van der Waals surface area (Å²) in [5, 5.41) is 14.4. The summed E-state index contributed by atoms with van der Waals surface area (Å²) in [6.07, 6.45) is 9.20. The fourth-order valence-electron chi connectivity index (χ4n) is 12.9. The Bertz CT molecular complexity index is 2320. The lowest BCUT2D eigenvalue weighted by Gasteiger charge is -2.63. The van der Waals surface area contributed by atoms with E-state index in [9.17, 15) is 14.7 Å². The van der Waals surface area contributed by atoms with Crippen LogP contribution < -0.4 is 9.64 Å². The lowest BCUT2D eigenvalue weighted by Crippen LogP contribution is -2.81. The lowest BCUT2D eigenvalue weighted by atomic mass is 9.47. The minimum absolute atomic E-state index is 0.00266. The van der Waals surface area contributed by atoms with E-state index in [1.165, 1.54) is 19.6 Å².